The van der Waals surface area contributed by atoms with E-state index < -0.39 is 0 Å². The zero-order valence-corrected chi connectivity index (χ0v) is 10.2. The Bertz CT molecular complexity index is 159. The number of piperidine rings is 1. The van der Waals surface area contributed by atoms with Gasteiger partial charge in [0.25, 0.3) is 0 Å². The van der Waals surface area contributed by atoms with Gasteiger partial charge in [0.15, 0.2) is 0 Å². The van der Waals surface area contributed by atoms with Crippen LogP contribution in [-0.2, 0) is 4.74 Å². The Morgan fingerprint density at radius 1 is 1.38 bits per heavy atom. The van der Waals surface area contributed by atoms with Crippen molar-refractivity contribution in [3.63, 3.8) is 0 Å². The lowest BCUT2D eigenvalue weighted by molar-refractivity contribution is 0.109. The van der Waals surface area contributed by atoms with Crippen LogP contribution in [0.25, 0.3) is 0 Å². The van der Waals surface area contributed by atoms with Gasteiger partial charge in [-0.3, -0.25) is 4.90 Å². The number of ether oxygens (including phenoxy) is 1. The van der Waals surface area contributed by atoms with Crippen LogP contribution in [0.3, 0.4) is 0 Å². The Hall–Kier alpha value is 0.650. The number of hydrogen-bond donors (Lipinski definition) is 0. The van der Waals surface area contributed by atoms with E-state index in [1.54, 1.807) is 0 Å². The molecule has 0 aromatic heterocycles. The maximum absolute atomic E-state index is 5.44. The van der Waals surface area contributed by atoms with E-state index in [1.807, 2.05) is 0 Å². The SMILES string of the molecule is ICC1CCCN(C2CCOC2)C1. The lowest BCUT2D eigenvalue weighted by Crippen LogP contribution is -2.43. The summed E-state index contributed by atoms with van der Waals surface area (Å²) in [6.45, 7) is 4.59. The van der Waals surface area contributed by atoms with E-state index in [9.17, 15) is 0 Å². The molecule has 0 N–H and O–H groups in total. The van der Waals surface area contributed by atoms with Gasteiger partial charge in [-0.15, -0.1) is 0 Å². The summed E-state index contributed by atoms with van der Waals surface area (Å²) in [4.78, 5) is 2.65. The maximum atomic E-state index is 5.44. The molecule has 2 atom stereocenters. The number of hydrogen-bond acceptors (Lipinski definition) is 2. The maximum Gasteiger partial charge on any atom is 0.0622 e. The van der Waals surface area contributed by atoms with E-state index >= 15 is 0 Å². The third-order valence-electron chi connectivity index (χ3n) is 3.19. The van der Waals surface area contributed by atoms with Gasteiger partial charge in [-0.2, -0.15) is 0 Å². The molecule has 3 heteroatoms. The number of nitrogens with zero attached hydrogens (tertiary/aromatic N) is 1. The molecule has 2 nitrogen and oxygen atoms in total. The van der Waals surface area contributed by atoms with Crippen molar-refractivity contribution in [2.45, 2.75) is 25.3 Å². The Morgan fingerprint density at radius 2 is 2.31 bits per heavy atom. The molecule has 2 saturated heterocycles. The minimum absolute atomic E-state index is 0.741. The molecule has 0 bridgehead atoms. The summed E-state index contributed by atoms with van der Waals surface area (Å²) >= 11 is 2.52. The highest BCUT2D eigenvalue weighted by Gasteiger charge is 2.27. The first-order chi connectivity index (χ1) is 6.40. The van der Waals surface area contributed by atoms with E-state index in [0.29, 0.717) is 0 Å². The van der Waals surface area contributed by atoms with Crippen LogP contribution in [0.1, 0.15) is 19.3 Å². The van der Waals surface area contributed by atoms with Crippen molar-refractivity contribution in [1.82, 2.24) is 4.90 Å². The summed E-state index contributed by atoms with van der Waals surface area (Å²) in [7, 11) is 0. The second-order valence-electron chi connectivity index (χ2n) is 4.17. The molecule has 2 heterocycles. The summed E-state index contributed by atoms with van der Waals surface area (Å²) in [5, 5.41) is 0. The van der Waals surface area contributed by atoms with Crippen LogP contribution in [0.2, 0.25) is 0 Å². The molecule has 13 heavy (non-hydrogen) atoms. The Labute approximate surface area is 94.1 Å². The average Bonchev–Trinajstić information content (AvgIpc) is 2.71. The molecule has 2 rings (SSSR count). The highest BCUT2D eigenvalue weighted by atomic mass is 127. The van der Waals surface area contributed by atoms with Gasteiger partial charge in [0.05, 0.1) is 6.61 Å². The average molecular weight is 295 g/mol. The minimum Gasteiger partial charge on any atom is -0.380 e. The van der Waals surface area contributed by atoms with E-state index in [2.05, 4.69) is 27.5 Å². The predicted octanol–water partition coefficient (Wildman–Crippen LogP) is 1.92. The number of rotatable bonds is 2. The number of halogens is 1. The summed E-state index contributed by atoms with van der Waals surface area (Å²) in [5.41, 5.74) is 0. The molecule has 0 aromatic carbocycles. The van der Waals surface area contributed by atoms with Crippen molar-refractivity contribution >= 4 is 22.6 Å². The fourth-order valence-electron chi connectivity index (χ4n) is 2.36. The largest absolute Gasteiger partial charge is 0.380 e. The quantitative estimate of drug-likeness (QED) is 0.570. The van der Waals surface area contributed by atoms with Crippen LogP contribution < -0.4 is 0 Å². The van der Waals surface area contributed by atoms with Gasteiger partial charge >= 0.3 is 0 Å². The lowest BCUT2D eigenvalue weighted by Gasteiger charge is -2.35. The van der Waals surface area contributed by atoms with Crippen molar-refractivity contribution < 1.29 is 4.74 Å². The molecule has 2 fully saturated rings. The van der Waals surface area contributed by atoms with E-state index in [4.69, 9.17) is 4.74 Å². The standard InChI is InChI=1S/C10H18INO/c11-6-9-2-1-4-12(7-9)10-3-5-13-8-10/h9-10H,1-8H2. The molecule has 2 aliphatic rings. The molecule has 2 unspecified atom stereocenters. The molecular weight excluding hydrogens is 277 g/mol. The van der Waals surface area contributed by atoms with E-state index in [-0.39, 0.29) is 0 Å². The first-order valence-electron chi connectivity index (χ1n) is 5.28. The first-order valence-corrected chi connectivity index (χ1v) is 6.80. The Kier molecular flexibility index (Phi) is 3.86. The lowest BCUT2D eigenvalue weighted by atomic mass is 9.98. The molecule has 0 aromatic rings. The van der Waals surface area contributed by atoms with Crippen molar-refractivity contribution in [2.24, 2.45) is 5.92 Å². The Balaban J connectivity index is 1.84. The second-order valence-corrected chi connectivity index (χ2v) is 5.06. The smallest absolute Gasteiger partial charge is 0.0622 e. The predicted molar refractivity (Wildman–Crippen MR) is 62.4 cm³/mol. The van der Waals surface area contributed by atoms with Crippen LogP contribution in [0.5, 0.6) is 0 Å². The zero-order chi connectivity index (χ0) is 9.10. The first kappa shape index (κ1) is 10.2. The summed E-state index contributed by atoms with van der Waals surface area (Å²) in [6, 6.07) is 0.741. The Morgan fingerprint density at radius 3 is 3.00 bits per heavy atom. The highest BCUT2D eigenvalue weighted by molar-refractivity contribution is 14.1. The third kappa shape index (κ3) is 2.57. The number of likely N-dealkylation sites (tertiary alicyclic amines) is 1. The molecule has 0 spiro atoms. The molecular formula is C10H18INO. The summed E-state index contributed by atoms with van der Waals surface area (Å²) in [5.74, 6) is 0.940. The van der Waals surface area contributed by atoms with Gasteiger partial charge < -0.3 is 4.74 Å². The third-order valence-corrected chi connectivity index (χ3v) is 4.44. The van der Waals surface area contributed by atoms with Crippen molar-refractivity contribution in [1.29, 1.82) is 0 Å². The fraction of sp³-hybridized carbons (Fsp3) is 1.00. The van der Waals surface area contributed by atoms with Crippen molar-refractivity contribution in [2.75, 3.05) is 30.7 Å². The molecule has 0 amide bonds. The van der Waals surface area contributed by atoms with Crippen molar-refractivity contribution in [3.05, 3.63) is 0 Å². The monoisotopic (exact) mass is 295 g/mol. The fourth-order valence-corrected chi connectivity index (χ4v) is 3.08. The van der Waals surface area contributed by atoms with Crippen LogP contribution in [0.15, 0.2) is 0 Å². The molecule has 0 aliphatic carbocycles. The van der Waals surface area contributed by atoms with E-state index in [0.717, 1.165) is 25.2 Å². The van der Waals surface area contributed by atoms with Gasteiger partial charge in [0, 0.05) is 23.6 Å². The summed E-state index contributed by atoms with van der Waals surface area (Å²) < 4.78 is 6.76. The summed E-state index contributed by atoms with van der Waals surface area (Å²) in [6.07, 6.45) is 4.09. The van der Waals surface area contributed by atoms with E-state index in [1.165, 1.54) is 36.8 Å². The molecule has 0 saturated carbocycles. The topological polar surface area (TPSA) is 12.5 Å². The molecule has 0 radical (unpaired) electrons. The van der Waals surface area contributed by atoms with Crippen LogP contribution in [0.4, 0.5) is 0 Å². The van der Waals surface area contributed by atoms with Crippen molar-refractivity contribution in [3.8, 4) is 0 Å². The normalized spacial score (nSPS) is 36.7. The molecule has 76 valence electrons. The van der Waals surface area contributed by atoms with Crippen LogP contribution in [-0.4, -0.2) is 41.7 Å². The second kappa shape index (κ2) is 4.94. The van der Waals surface area contributed by atoms with Gasteiger partial charge in [0.1, 0.15) is 0 Å². The van der Waals surface area contributed by atoms with Crippen LogP contribution in [0, 0.1) is 5.92 Å². The van der Waals surface area contributed by atoms with Gasteiger partial charge in [0.2, 0.25) is 0 Å². The van der Waals surface area contributed by atoms with Crippen LogP contribution >= 0.6 is 22.6 Å². The minimum atomic E-state index is 0.741. The van der Waals surface area contributed by atoms with Gasteiger partial charge in [-0.25, -0.2) is 0 Å². The molecule has 2 aliphatic heterocycles. The van der Waals surface area contributed by atoms with Gasteiger partial charge in [-0.05, 0) is 31.7 Å². The zero-order valence-electron chi connectivity index (χ0n) is 8.04. The van der Waals surface area contributed by atoms with Gasteiger partial charge in [-0.1, -0.05) is 22.6 Å². The number of alkyl halides is 1. The highest BCUT2D eigenvalue weighted by Crippen LogP contribution is 2.23.